The molecule has 1 saturated carbocycles. The minimum atomic E-state index is 0.352. The Morgan fingerprint density at radius 1 is 1.11 bits per heavy atom. The Labute approximate surface area is 111 Å². The summed E-state index contributed by atoms with van der Waals surface area (Å²) in [5.74, 6) is 0. The molecule has 0 radical (unpaired) electrons. The van der Waals surface area contributed by atoms with E-state index in [-0.39, 0.29) is 0 Å². The standard InChI is InChI=1S/C16H26N2/c1-4-15(5-2)11-16(12-15,13-17-6-3)14-7-9-18-10-8-14/h7-10,17H,4-6,11-13H2,1-3H3. The Hall–Kier alpha value is -0.890. The molecule has 1 fully saturated rings. The van der Waals surface area contributed by atoms with Gasteiger partial charge >= 0.3 is 0 Å². The molecule has 2 heteroatoms. The van der Waals surface area contributed by atoms with Crippen molar-refractivity contribution in [2.75, 3.05) is 13.1 Å². The highest BCUT2D eigenvalue weighted by molar-refractivity contribution is 5.29. The van der Waals surface area contributed by atoms with Crippen molar-refractivity contribution in [1.29, 1.82) is 0 Å². The normalized spacial score (nSPS) is 20.4. The van der Waals surface area contributed by atoms with E-state index in [0.29, 0.717) is 10.8 Å². The molecule has 1 aromatic rings. The molecule has 0 atom stereocenters. The molecule has 0 bridgehead atoms. The second-order valence-electron chi connectivity index (χ2n) is 5.86. The molecule has 1 N–H and O–H groups in total. The van der Waals surface area contributed by atoms with Gasteiger partial charge in [-0.1, -0.05) is 33.6 Å². The van der Waals surface area contributed by atoms with E-state index in [4.69, 9.17) is 0 Å². The van der Waals surface area contributed by atoms with Gasteiger partial charge in [-0.2, -0.15) is 0 Å². The summed E-state index contributed by atoms with van der Waals surface area (Å²) in [6.45, 7) is 9.03. The third kappa shape index (κ3) is 2.31. The van der Waals surface area contributed by atoms with Crippen LogP contribution in [0.2, 0.25) is 0 Å². The number of hydrogen-bond acceptors (Lipinski definition) is 2. The second-order valence-corrected chi connectivity index (χ2v) is 5.86. The van der Waals surface area contributed by atoms with Gasteiger partial charge in [-0.3, -0.25) is 4.98 Å². The fourth-order valence-electron chi connectivity index (χ4n) is 3.63. The Morgan fingerprint density at radius 2 is 1.72 bits per heavy atom. The predicted molar refractivity (Wildman–Crippen MR) is 76.7 cm³/mol. The lowest BCUT2D eigenvalue weighted by atomic mass is 9.48. The first-order valence-corrected chi connectivity index (χ1v) is 7.31. The van der Waals surface area contributed by atoms with Gasteiger partial charge in [0.25, 0.3) is 0 Å². The van der Waals surface area contributed by atoms with Gasteiger partial charge in [0.1, 0.15) is 0 Å². The highest BCUT2D eigenvalue weighted by Gasteiger charge is 2.52. The van der Waals surface area contributed by atoms with Gasteiger partial charge in [-0.15, -0.1) is 0 Å². The minimum absolute atomic E-state index is 0.352. The number of likely N-dealkylation sites (N-methyl/N-ethyl adjacent to an activating group) is 1. The molecule has 1 aromatic heterocycles. The summed E-state index contributed by atoms with van der Waals surface area (Å²) < 4.78 is 0. The molecule has 100 valence electrons. The lowest BCUT2D eigenvalue weighted by Crippen LogP contribution is -2.54. The quantitative estimate of drug-likeness (QED) is 0.830. The third-order valence-corrected chi connectivity index (χ3v) is 4.93. The number of hydrogen-bond donors (Lipinski definition) is 1. The van der Waals surface area contributed by atoms with E-state index in [1.54, 1.807) is 0 Å². The zero-order chi connectivity index (χ0) is 13.1. The number of nitrogens with one attached hydrogen (secondary N) is 1. The van der Waals surface area contributed by atoms with Crippen molar-refractivity contribution in [3.8, 4) is 0 Å². The monoisotopic (exact) mass is 246 g/mol. The molecule has 0 aromatic carbocycles. The van der Waals surface area contributed by atoms with Crippen LogP contribution in [0.4, 0.5) is 0 Å². The van der Waals surface area contributed by atoms with Gasteiger partial charge in [-0.05, 0) is 42.5 Å². The summed E-state index contributed by atoms with van der Waals surface area (Å²) in [5, 5.41) is 3.56. The Morgan fingerprint density at radius 3 is 2.22 bits per heavy atom. The van der Waals surface area contributed by atoms with Gasteiger partial charge in [0, 0.05) is 24.4 Å². The number of pyridine rings is 1. The largest absolute Gasteiger partial charge is 0.316 e. The summed E-state index contributed by atoms with van der Waals surface area (Å²) in [5.41, 5.74) is 2.40. The first-order valence-electron chi connectivity index (χ1n) is 7.31. The van der Waals surface area contributed by atoms with E-state index in [0.717, 1.165) is 13.1 Å². The van der Waals surface area contributed by atoms with E-state index in [9.17, 15) is 0 Å². The Balaban J connectivity index is 2.18. The molecule has 18 heavy (non-hydrogen) atoms. The van der Waals surface area contributed by atoms with Crippen LogP contribution in [0.3, 0.4) is 0 Å². The summed E-state index contributed by atoms with van der Waals surface area (Å²) >= 11 is 0. The van der Waals surface area contributed by atoms with E-state index in [1.807, 2.05) is 12.4 Å². The third-order valence-electron chi connectivity index (χ3n) is 4.93. The maximum absolute atomic E-state index is 4.15. The molecule has 2 rings (SSSR count). The number of rotatable bonds is 6. The lowest BCUT2D eigenvalue weighted by Gasteiger charge is -2.57. The van der Waals surface area contributed by atoms with Crippen LogP contribution in [0.5, 0.6) is 0 Å². The molecule has 0 spiro atoms. The summed E-state index contributed by atoms with van der Waals surface area (Å²) in [7, 11) is 0. The number of aromatic nitrogens is 1. The summed E-state index contributed by atoms with van der Waals surface area (Å²) in [6.07, 6.45) is 9.13. The maximum atomic E-state index is 4.15. The average molecular weight is 246 g/mol. The first kappa shape index (κ1) is 13.5. The van der Waals surface area contributed by atoms with Crippen LogP contribution in [0.15, 0.2) is 24.5 Å². The molecule has 0 amide bonds. The smallest absolute Gasteiger partial charge is 0.0270 e. The zero-order valence-electron chi connectivity index (χ0n) is 12.0. The van der Waals surface area contributed by atoms with Crippen LogP contribution in [0.1, 0.15) is 52.0 Å². The minimum Gasteiger partial charge on any atom is -0.316 e. The summed E-state index contributed by atoms with van der Waals surface area (Å²) in [6, 6.07) is 4.40. The average Bonchev–Trinajstić information content (AvgIpc) is 2.40. The van der Waals surface area contributed by atoms with Gasteiger partial charge < -0.3 is 5.32 Å². The molecule has 1 aliphatic carbocycles. The van der Waals surface area contributed by atoms with E-state index < -0.39 is 0 Å². The molecule has 0 saturated heterocycles. The van der Waals surface area contributed by atoms with E-state index in [1.165, 1.54) is 31.2 Å². The van der Waals surface area contributed by atoms with Crippen LogP contribution in [-0.4, -0.2) is 18.1 Å². The van der Waals surface area contributed by atoms with E-state index >= 15 is 0 Å². The van der Waals surface area contributed by atoms with Crippen LogP contribution < -0.4 is 5.32 Å². The van der Waals surface area contributed by atoms with Crippen molar-refractivity contribution in [1.82, 2.24) is 10.3 Å². The number of nitrogens with zero attached hydrogens (tertiary/aromatic N) is 1. The van der Waals surface area contributed by atoms with Crippen molar-refractivity contribution in [3.63, 3.8) is 0 Å². The van der Waals surface area contributed by atoms with Crippen molar-refractivity contribution < 1.29 is 0 Å². The fourth-order valence-corrected chi connectivity index (χ4v) is 3.63. The second kappa shape index (κ2) is 5.40. The van der Waals surface area contributed by atoms with Crippen molar-refractivity contribution >= 4 is 0 Å². The molecule has 1 aliphatic rings. The molecule has 0 unspecified atom stereocenters. The molecule has 0 aliphatic heterocycles. The van der Waals surface area contributed by atoms with Gasteiger partial charge in [0.2, 0.25) is 0 Å². The fraction of sp³-hybridized carbons (Fsp3) is 0.688. The Kier molecular flexibility index (Phi) is 4.06. The topological polar surface area (TPSA) is 24.9 Å². The lowest BCUT2D eigenvalue weighted by molar-refractivity contribution is 0.0132. The van der Waals surface area contributed by atoms with Crippen molar-refractivity contribution in [2.45, 2.75) is 51.9 Å². The van der Waals surface area contributed by atoms with Gasteiger partial charge in [-0.25, -0.2) is 0 Å². The molecule has 2 nitrogen and oxygen atoms in total. The van der Waals surface area contributed by atoms with Gasteiger partial charge in [0.15, 0.2) is 0 Å². The Bertz CT molecular complexity index is 360. The SMILES string of the molecule is CCNCC1(c2ccncc2)CC(CC)(CC)C1. The zero-order valence-corrected chi connectivity index (χ0v) is 12.0. The maximum Gasteiger partial charge on any atom is 0.0270 e. The van der Waals surface area contributed by atoms with Crippen LogP contribution in [0.25, 0.3) is 0 Å². The molecular weight excluding hydrogens is 220 g/mol. The van der Waals surface area contributed by atoms with Crippen LogP contribution in [-0.2, 0) is 5.41 Å². The highest BCUT2D eigenvalue weighted by Crippen LogP contribution is 2.58. The van der Waals surface area contributed by atoms with Crippen molar-refractivity contribution in [3.05, 3.63) is 30.1 Å². The van der Waals surface area contributed by atoms with Crippen LogP contribution in [0, 0.1) is 5.41 Å². The van der Waals surface area contributed by atoms with E-state index in [2.05, 4.69) is 43.2 Å². The molecule has 1 heterocycles. The van der Waals surface area contributed by atoms with Crippen LogP contribution >= 0.6 is 0 Å². The predicted octanol–water partition coefficient (Wildman–Crippen LogP) is 3.53. The molecular formula is C16H26N2. The van der Waals surface area contributed by atoms with Crippen molar-refractivity contribution in [2.24, 2.45) is 5.41 Å². The first-order chi connectivity index (χ1) is 8.70. The van der Waals surface area contributed by atoms with Gasteiger partial charge in [0.05, 0.1) is 0 Å². The highest BCUT2D eigenvalue weighted by atomic mass is 14.9. The summed E-state index contributed by atoms with van der Waals surface area (Å²) in [4.78, 5) is 4.15.